The van der Waals surface area contributed by atoms with Crippen molar-refractivity contribution in [3.8, 4) is 11.1 Å². The highest BCUT2D eigenvalue weighted by atomic mass is 16.5. The van der Waals surface area contributed by atoms with Gasteiger partial charge in [0.25, 0.3) is 0 Å². The average Bonchev–Trinajstić information content (AvgIpc) is 3.24. The summed E-state index contributed by atoms with van der Waals surface area (Å²) in [6, 6.07) is 15.2. The predicted octanol–water partition coefficient (Wildman–Crippen LogP) is 4.04. The van der Waals surface area contributed by atoms with E-state index in [0.29, 0.717) is 13.1 Å². The van der Waals surface area contributed by atoms with Crippen LogP contribution < -0.4 is 16.4 Å². The second-order valence-corrected chi connectivity index (χ2v) is 9.03. The van der Waals surface area contributed by atoms with E-state index < -0.39 is 18.1 Å². The minimum atomic E-state index is -0.920. The maximum atomic E-state index is 12.8. The molecule has 1 aliphatic carbocycles. The number of fused-ring (bicyclic) bond motifs is 3. The summed E-state index contributed by atoms with van der Waals surface area (Å²) in [5.74, 6) is -0.912. The quantitative estimate of drug-likeness (QED) is 0.190. The molecule has 0 saturated carbocycles. The van der Waals surface area contributed by atoms with Gasteiger partial charge in [0.1, 0.15) is 19.3 Å². The molecule has 0 saturated heterocycles. The Morgan fingerprint density at radius 2 is 1.59 bits per heavy atom. The zero-order chi connectivity index (χ0) is 26.5. The summed E-state index contributed by atoms with van der Waals surface area (Å²) < 4.78 is 10.6. The van der Waals surface area contributed by atoms with Gasteiger partial charge in [0.2, 0.25) is 5.91 Å². The van der Waals surface area contributed by atoms with Crippen LogP contribution in [0.15, 0.2) is 61.2 Å². The number of unbranched alkanes of at least 4 members (excludes halogenated alkanes) is 3. The van der Waals surface area contributed by atoms with E-state index in [1.807, 2.05) is 36.4 Å². The Balaban J connectivity index is 1.57. The first-order chi connectivity index (χ1) is 18.0. The van der Waals surface area contributed by atoms with Gasteiger partial charge >= 0.3 is 12.1 Å². The van der Waals surface area contributed by atoms with Crippen LogP contribution in [0.3, 0.4) is 0 Å². The van der Waals surface area contributed by atoms with Gasteiger partial charge in [-0.1, -0.05) is 74.0 Å². The van der Waals surface area contributed by atoms with Crippen LogP contribution in [0, 0.1) is 0 Å². The van der Waals surface area contributed by atoms with E-state index in [0.717, 1.165) is 47.9 Å². The molecule has 0 bridgehead atoms. The lowest BCUT2D eigenvalue weighted by Crippen LogP contribution is -2.47. The summed E-state index contributed by atoms with van der Waals surface area (Å²) in [4.78, 5) is 37.5. The summed E-state index contributed by atoms with van der Waals surface area (Å²) in [5, 5.41) is 5.49. The van der Waals surface area contributed by atoms with Gasteiger partial charge < -0.3 is 25.8 Å². The monoisotopic (exact) mass is 507 g/mol. The number of ether oxygens (including phenoxy) is 2. The summed E-state index contributed by atoms with van der Waals surface area (Å²) in [5.41, 5.74) is 9.98. The number of benzene rings is 2. The van der Waals surface area contributed by atoms with E-state index in [1.165, 1.54) is 6.08 Å². The number of nitrogens with one attached hydrogen (secondary N) is 2. The third kappa shape index (κ3) is 8.18. The second-order valence-electron chi connectivity index (χ2n) is 9.03. The molecule has 0 unspecified atom stereocenters. The third-order valence-corrected chi connectivity index (χ3v) is 6.38. The average molecular weight is 508 g/mol. The van der Waals surface area contributed by atoms with Crippen molar-refractivity contribution >= 4 is 18.0 Å². The van der Waals surface area contributed by atoms with E-state index >= 15 is 0 Å². The SMILES string of the molecule is C=CCOC(=O)CC[C@H](NC(=O)OCC1c2ccccc2-c2ccccc21)C(=O)NCCCCCCN. The number of hydrogen-bond donors (Lipinski definition) is 3. The number of carbonyl (C=O) groups is 3. The van der Waals surface area contributed by atoms with Gasteiger partial charge in [0.15, 0.2) is 0 Å². The van der Waals surface area contributed by atoms with Gasteiger partial charge in [0.05, 0.1) is 0 Å². The Morgan fingerprint density at radius 1 is 0.946 bits per heavy atom. The van der Waals surface area contributed by atoms with Gasteiger partial charge in [-0.25, -0.2) is 4.79 Å². The maximum Gasteiger partial charge on any atom is 0.407 e. The Hall–Kier alpha value is -3.65. The summed E-state index contributed by atoms with van der Waals surface area (Å²) in [6.07, 6.45) is 4.56. The van der Waals surface area contributed by atoms with E-state index in [1.54, 1.807) is 0 Å². The molecule has 0 heterocycles. The second kappa shape index (κ2) is 14.8. The summed E-state index contributed by atoms with van der Waals surface area (Å²) >= 11 is 0. The smallest absolute Gasteiger partial charge is 0.407 e. The maximum absolute atomic E-state index is 12.8. The highest BCUT2D eigenvalue weighted by Crippen LogP contribution is 2.44. The number of hydrogen-bond acceptors (Lipinski definition) is 6. The first-order valence-electron chi connectivity index (χ1n) is 12.9. The summed E-state index contributed by atoms with van der Waals surface area (Å²) in [6.45, 7) is 4.88. The molecule has 0 fully saturated rings. The largest absolute Gasteiger partial charge is 0.461 e. The van der Waals surface area contributed by atoms with E-state index in [9.17, 15) is 14.4 Å². The minimum absolute atomic E-state index is 0.0217. The zero-order valence-corrected chi connectivity index (χ0v) is 21.2. The van der Waals surface area contributed by atoms with E-state index in [2.05, 4.69) is 29.3 Å². The standard InChI is InChI=1S/C29H37N3O5/c1-2-19-36-27(33)16-15-26(28(34)31-18-10-4-3-9-17-30)32-29(35)37-20-25-23-13-7-5-11-21(23)22-12-6-8-14-24(22)25/h2,5-8,11-14,25-26H,1,3-4,9-10,15-20,30H2,(H,31,34)(H,32,35)/t26-/m0/s1. The van der Waals surface area contributed by atoms with Crippen LogP contribution in [0.1, 0.15) is 55.6 Å². The van der Waals surface area contributed by atoms with Crippen molar-refractivity contribution in [2.24, 2.45) is 5.73 Å². The number of carbonyl (C=O) groups excluding carboxylic acids is 3. The fourth-order valence-corrected chi connectivity index (χ4v) is 4.50. The van der Waals surface area contributed by atoms with Crippen LogP contribution in [0.5, 0.6) is 0 Å². The number of esters is 1. The normalized spacial score (nSPS) is 12.7. The number of alkyl carbamates (subject to hydrolysis) is 1. The molecule has 2 amide bonds. The Labute approximate surface area is 218 Å². The van der Waals surface area contributed by atoms with Gasteiger partial charge in [-0.05, 0) is 48.1 Å². The van der Waals surface area contributed by atoms with Crippen LogP contribution >= 0.6 is 0 Å². The van der Waals surface area contributed by atoms with Crippen LogP contribution in [0.4, 0.5) is 4.79 Å². The molecule has 0 radical (unpaired) electrons. The molecule has 1 aliphatic rings. The van der Waals surface area contributed by atoms with Crippen LogP contribution in [-0.4, -0.2) is 50.3 Å². The van der Waals surface area contributed by atoms with Crippen molar-refractivity contribution < 1.29 is 23.9 Å². The molecule has 198 valence electrons. The number of amides is 2. The molecule has 3 rings (SSSR count). The van der Waals surface area contributed by atoms with Gasteiger partial charge in [-0.2, -0.15) is 0 Å². The van der Waals surface area contributed by atoms with Crippen LogP contribution in [0.2, 0.25) is 0 Å². The van der Waals surface area contributed by atoms with Crippen LogP contribution in [0.25, 0.3) is 11.1 Å². The van der Waals surface area contributed by atoms with Crippen LogP contribution in [-0.2, 0) is 19.1 Å². The van der Waals surface area contributed by atoms with E-state index in [-0.39, 0.29) is 37.9 Å². The molecule has 4 N–H and O–H groups in total. The minimum Gasteiger partial charge on any atom is -0.461 e. The fourth-order valence-electron chi connectivity index (χ4n) is 4.50. The predicted molar refractivity (Wildman–Crippen MR) is 143 cm³/mol. The molecule has 37 heavy (non-hydrogen) atoms. The molecule has 0 aromatic heterocycles. The molecular formula is C29H37N3O5. The number of nitrogens with two attached hydrogens (primary N) is 1. The molecule has 2 aromatic rings. The highest BCUT2D eigenvalue weighted by molar-refractivity contribution is 5.86. The lowest BCUT2D eigenvalue weighted by Gasteiger charge is -2.19. The fraction of sp³-hybridized carbons (Fsp3) is 0.414. The number of rotatable bonds is 15. The van der Waals surface area contributed by atoms with Crippen molar-refractivity contribution in [2.75, 3.05) is 26.3 Å². The highest BCUT2D eigenvalue weighted by Gasteiger charge is 2.30. The van der Waals surface area contributed by atoms with Crippen molar-refractivity contribution in [1.29, 1.82) is 0 Å². The van der Waals surface area contributed by atoms with Gasteiger partial charge in [-0.15, -0.1) is 0 Å². The summed E-state index contributed by atoms with van der Waals surface area (Å²) in [7, 11) is 0. The van der Waals surface area contributed by atoms with Crippen molar-refractivity contribution in [3.63, 3.8) is 0 Å². The van der Waals surface area contributed by atoms with E-state index in [4.69, 9.17) is 15.2 Å². The Bertz CT molecular complexity index is 1030. The zero-order valence-electron chi connectivity index (χ0n) is 21.2. The molecule has 2 aromatic carbocycles. The molecule has 0 aliphatic heterocycles. The molecule has 0 spiro atoms. The first kappa shape index (κ1) is 27.9. The third-order valence-electron chi connectivity index (χ3n) is 6.38. The first-order valence-corrected chi connectivity index (χ1v) is 12.9. The van der Waals surface area contributed by atoms with Crippen molar-refractivity contribution in [1.82, 2.24) is 10.6 Å². The Kier molecular flexibility index (Phi) is 11.2. The lowest BCUT2D eigenvalue weighted by atomic mass is 9.98. The molecule has 8 heteroatoms. The lowest BCUT2D eigenvalue weighted by molar-refractivity contribution is -0.142. The topological polar surface area (TPSA) is 120 Å². The van der Waals surface area contributed by atoms with Crippen molar-refractivity contribution in [3.05, 3.63) is 72.3 Å². The van der Waals surface area contributed by atoms with Gasteiger partial charge in [-0.3, -0.25) is 9.59 Å². The molecular weight excluding hydrogens is 470 g/mol. The van der Waals surface area contributed by atoms with Crippen molar-refractivity contribution in [2.45, 2.75) is 50.5 Å². The molecule has 8 nitrogen and oxygen atoms in total. The van der Waals surface area contributed by atoms with Gasteiger partial charge in [0, 0.05) is 18.9 Å². The Morgan fingerprint density at radius 3 is 2.24 bits per heavy atom. The molecule has 1 atom stereocenters.